The predicted octanol–water partition coefficient (Wildman–Crippen LogP) is 1.68. The Hall–Kier alpha value is -0.220. The van der Waals surface area contributed by atoms with E-state index in [0.29, 0.717) is 0 Å². The zero-order valence-corrected chi connectivity index (χ0v) is 9.55. The summed E-state index contributed by atoms with van der Waals surface area (Å²) >= 11 is 1.72. The first-order chi connectivity index (χ1) is 6.75. The predicted molar refractivity (Wildman–Crippen MR) is 59.8 cm³/mol. The lowest BCUT2D eigenvalue weighted by molar-refractivity contribution is -0.143. The number of carboxylic acid groups (broad SMARTS) is 1. The molecular formula is C10H19NO2S. The summed E-state index contributed by atoms with van der Waals surface area (Å²) in [7, 11) is 0. The molecule has 1 saturated heterocycles. The van der Waals surface area contributed by atoms with Crippen LogP contribution in [0, 0.1) is 0 Å². The summed E-state index contributed by atoms with van der Waals surface area (Å²) in [6, 6.07) is -0.247. The molecule has 1 fully saturated rings. The maximum absolute atomic E-state index is 11.1. The molecule has 0 amide bonds. The van der Waals surface area contributed by atoms with Gasteiger partial charge in [-0.15, -0.1) is 0 Å². The fourth-order valence-corrected chi connectivity index (χ4v) is 2.38. The second kappa shape index (κ2) is 6.30. The van der Waals surface area contributed by atoms with Crippen molar-refractivity contribution < 1.29 is 9.90 Å². The average molecular weight is 217 g/mol. The number of nitrogens with zero attached hydrogens (tertiary/aromatic N) is 1. The molecule has 1 aliphatic heterocycles. The zero-order valence-electron chi connectivity index (χ0n) is 8.74. The van der Waals surface area contributed by atoms with Gasteiger partial charge in [0.2, 0.25) is 0 Å². The summed E-state index contributed by atoms with van der Waals surface area (Å²) in [5.41, 5.74) is 0. The molecule has 1 aliphatic rings. The van der Waals surface area contributed by atoms with Crippen LogP contribution in [0.15, 0.2) is 0 Å². The highest BCUT2D eigenvalue weighted by Gasteiger charge is 2.25. The van der Waals surface area contributed by atoms with Gasteiger partial charge < -0.3 is 5.11 Å². The summed E-state index contributed by atoms with van der Waals surface area (Å²) in [5, 5.41) is 9.10. The molecule has 1 unspecified atom stereocenters. The van der Waals surface area contributed by atoms with E-state index in [1.807, 2.05) is 6.26 Å². The van der Waals surface area contributed by atoms with E-state index in [1.54, 1.807) is 11.8 Å². The molecule has 1 atom stereocenters. The standard InChI is InChI=1S/C10H19NO2S/c1-14-8-5-9(10(12)13)11-6-3-2-4-7-11/h9H,2-8H2,1H3,(H,12,13). The molecule has 3 nitrogen and oxygen atoms in total. The summed E-state index contributed by atoms with van der Waals surface area (Å²) in [6.07, 6.45) is 6.36. The van der Waals surface area contributed by atoms with E-state index in [0.717, 1.165) is 38.1 Å². The topological polar surface area (TPSA) is 40.5 Å². The van der Waals surface area contributed by atoms with E-state index in [4.69, 9.17) is 5.11 Å². The van der Waals surface area contributed by atoms with Crippen LogP contribution in [0.3, 0.4) is 0 Å². The largest absolute Gasteiger partial charge is 0.480 e. The van der Waals surface area contributed by atoms with Gasteiger partial charge in [-0.05, 0) is 44.4 Å². The van der Waals surface area contributed by atoms with Gasteiger partial charge in [0.1, 0.15) is 6.04 Å². The molecule has 0 bridgehead atoms. The minimum Gasteiger partial charge on any atom is -0.480 e. The second-order valence-corrected chi connectivity index (χ2v) is 4.72. The van der Waals surface area contributed by atoms with Crippen LogP contribution in [0.5, 0.6) is 0 Å². The van der Waals surface area contributed by atoms with Crippen LogP contribution in [-0.2, 0) is 4.79 Å². The van der Waals surface area contributed by atoms with Gasteiger partial charge in [0, 0.05) is 0 Å². The van der Waals surface area contributed by atoms with Crippen LogP contribution in [0.1, 0.15) is 25.7 Å². The third-order valence-corrected chi connectivity index (χ3v) is 3.36. The molecule has 1 rings (SSSR count). The third kappa shape index (κ3) is 3.50. The van der Waals surface area contributed by atoms with Crippen LogP contribution in [0.2, 0.25) is 0 Å². The SMILES string of the molecule is CSCCC(C(=O)O)N1CCCCC1. The smallest absolute Gasteiger partial charge is 0.320 e. The zero-order chi connectivity index (χ0) is 10.4. The van der Waals surface area contributed by atoms with E-state index in [1.165, 1.54) is 6.42 Å². The van der Waals surface area contributed by atoms with Gasteiger partial charge in [-0.25, -0.2) is 0 Å². The van der Waals surface area contributed by atoms with Crippen molar-refractivity contribution in [3.63, 3.8) is 0 Å². The van der Waals surface area contributed by atoms with Crippen LogP contribution >= 0.6 is 11.8 Å². The summed E-state index contributed by atoms with van der Waals surface area (Å²) in [4.78, 5) is 13.2. The Morgan fingerprint density at radius 3 is 2.57 bits per heavy atom. The third-order valence-electron chi connectivity index (χ3n) is 2.71. The molecular weight excluding hydrogens is 198 g/mol. The number of aliphatic carboxylic acids is 1. The second-order valence-electron chi connectivity index (χ2n) is 3.73. The summed E-state index contributed by atoms with van der Waals surface area (Å²) < 4.78 is 0. The summed E-state index contributed by atoms with van der Waals surface area (Å²) in [5.74, 6) is 0.286. The molecule has 0 aromatic heterocycles. The molecule has 0 aromatic rings. The molecule has 82 valence electrons. The number of hydrogen-bond acceptors (Lipinski definition) is 3. The Kier molecular flexibility index (Phi) is 5.33. The normalized spacial score (nSPS) is 20.6. The highest BCUT2D eigenvalue weighted by molar-refractivity contribution is 7.98. The first-order valence-electron chi connectivity index (χ1n) is 5.21. The van der Waals surface area contributed by atoms with E-state index in [9.17, 15) is 4.79 Å². The van der Waals surface area contributed by atoms with Gasteiger partial charge in [-0.1, -0.05) is 6.42 Å². The highest BCUT2D eigenvalue weighted by atomic mass is 32.2. The number of rotatable bonds is 5. The Morgan fingerprint density at radius 2 is 2.07 bits per heavy atom. The first kappa shape index (κ1) is 11.9. The molecule has 14 heavy (non-hydrogen) atoms. The molecule has 0 spiro atoms. The van der Waals surface area contributed by atoms with Gasteiger partial charge in [0.15, 0.2) is 0 Å². The Bertz CT molecular complexity index is 181. The molecule has 1 heterocycles. The number of likely N-dealkylation sites (tertiary alicyclic amines) is 1. The van der Waals surface area contributed by atoms with E-state index >= 15 is 0 Å². The van der Waals surface area contributed by atoms with E-state index < -0.39 is 5.97 Å². The van der Waals surface area contributed by atoms with Crippen molar-refractivity contribution in [3.8, 4) is 0 Å². The van der Waals surface area contributed by atoms with Crippen molar-refractivity contribution in [1.29, 1.82) is 0 Å². The van der Waals surface area contributed by atoms with E-state index in [-0.39, 0.29) is 6.04 Å². The molecule has 0 aromatic carbocycles. The van der Waals surface area contributed by atoms with Crippen molar-refractivity contribution in [2.75, 3.05) is 25.1 Å². The Morgan fingerprint density at radius 1 is 1.43 bits per heavy atom. The van der Waals surface area contributed by atoms with Crippen molar-refractivity contribution in [3.05, 3.63) is 0 Å². The average Bonchev–Trinajstić information content (AvgIpc) is 2.19. The fourth-order valence-electron chi connectivity index (χ4n) is 1.92. The monoisotopic (exact) mass is 217 g/mol. The van der Waals surface area contributed by atoms with Crippen LogP contribution in [0.25, 0.3) is 0 Å². The Balaban J connectivity index is 2.43. The maximum Gasteiger partial charge on any atom is 0.320 e. The number of piperidine rings is 1. The van der Waals surface area contributed by atoms with Gasteiger partial charge in [-0.2, -0.15) is 11.8 Å². The van der Waals surface area contributed by atoms with Crippen molar-refractivity contribution in [2.45, 2.75) is 31.7 Å². The molecule has 0 radical (unpaired) electrons. The quantitative estimate of drug-likeness (QED) is 0.760. The van der Waals surface area contributed by atoms with Crippen LogP contribution in [0.4, 0.5) is 0 Å². The highest BCUT2D eigenvalue weighted by Crippen LogP contribution is 2.15. The number of carboxylic acids is 1. The van der Waals surface area contributed by atoms with Crippen LogP contribution in [-0.4, -0.2) is 47.1 Å². The minimum atomic E-state index is -0.652. The van der Waals surface area contributed by atoms with Crippen molar-refractivity contribution in [1.82, 2.24) is 4.90 Å². The summed E-state index contributed by atoms with van der Waals surface area (Å²) in [6.45, 7) is 1.93. The van der Waals surface area contributed by atoms with Crippen molar-refractivity contribution >= 4 is 17.7 Å². The van der Waals surface area contributed by atoms with Crippen LogP contribution < -0.4 is 0 Å². The fraction of sp³-hybridized carbons (Fsp3) is 0.900. The molecule has 1 N–H and O–H groups in total. The van der Waals surface area contributed by atoms with Crippen molar-refractivity contribution in [2.24, 2.45) is 0 Å². The number of thioether (sulfide) groups is 1. The molecule has 0 saturated carbocycles. The van der Waals surface area contributed by atoms with Gasteiger partial charge in [0.05, 0.1) is 0 Å². The van der Waals surface area contributed by atoms with Gasteiger partial charge >= 0.3 is 5.97 Å². The first-order valence-corrected chi connectivity index (χ1v) is 6.61. The lowest BCUT2D eigenvalue weighted by atomic mass is 10.1. The molecule has 4 heteroatoms. The maximum atomic E-state index is 11.1. The van der Waals surface area contributed by atoms with Gasteiger partial charge in [0.25, 0.3) is 0 Å². The Labute approximate surface area is 89.9 Å². The van der Waals surface area contributed by atoms with Gasteiger partial charge in [-0.3, -0.25) is 9.69 Å². The lowest BCUT2D eigenvalue weighted by Gasteiger charge is -2.31. The number of hydrogen-bond donors (Lipinski definition) is 1. The lowest BCUT2D eigenvalue weighted by Crippen LogP contribution is -2.44. The van der Waals surface area contributed by atoms with E-state index in [2.05, 4.69) is 4.90 Å². The minimum absolute atomic E-state index is 0.247. The molecule has 0 aliphatic carbocycles. The number of carbonyl (C=O) groups is 1.